The molecule has 0 fully saturated rings. The van der Waals surface area contributed by atoms with Crippen molar-refractivity contribution < 1.29 is 10.3 Å². The van der Waals surface area contributed by atoms with E-state index in [4.69, 9.17) is 16.0 Å². The molecule has 0 saturated carbocycles. The SMILES string of the molecule is CCN(CCO)/C(N)=N/O. The van der Waals surface area contributed by atoms with Gasteiger partial charge >= 0.3 is 0 Å². The number of nitrogens with two attached hydrogens (primary N) is 1. The van der Waals surface area contributed by atoms with Crippen molar-refractivity contribution >= 4 is 5.96 Å². The average Bonchev–Trinajstić information content (AvgIpc) is 1.99. The van der Waals surface area contributed by atoms with Crippen molar-refractivity contribution in [3.8, 4) is 0 Å². The lowest BCUT2D eigenvalue weighted by Gasteiger charge is -2.18. The molecule has 0 aromatic carbocycles. The summed E-state index contributed by atoms with van der Waals surface area (Å²) >= 11 is 0. The molecule has 60 valence electrons. The van der Waals surface area contributed by atoms with Gasteiger partial charge in [0.25, 0.3) is 0 Å². The van der Waals surface area contributed by atoms with Crippen LogP contribution in [0.5, 0.6) is 0 Å². The number of rotatable bonds is 3. The maximum Gasteiger partial charge on any atom is 0.233 e. The maximum atomic E-state index is 8.48. The molecule has 0 rings (SSSR count). The molecule has 10 heavy (non-hydrogen) atoms. The lowest BCUT2D eigenvalue weighted by Crippen LogP contribution is -2.38. The van der Waals surface area contributed by atoms with Crippen LogP contribution in [0.4, 0.5) is 0 Å². The Hall–Kier alpha value is -0.970. The zero-order valence-electron chi connectivity index (χ0n) is 5.99. The van der Waals surface area contributed by atoms with Crippen molar-refractivity contribution in [2.75, 3.05) is 19.7 Å². The smallest absolute Gasteiger partial charge is 0.233 e. The predicted octanol–water partition coefficient (Wildman–Crippen LogP) is -0.995. The van der Waals surface area contributed by atoms with Gasteiger partial charge in [0.1, 0.15) is 0 Å². The van der Waals surface area contributed by atoms with Crippen molar-refractivity contribution in [1.29, 1.82) is 0 Å². The van der Waals surface area contributed by atoms with Crippen molar-refractivity contribution in [3.05, 3.63) is 0 Å². The summed E-state index contributed by atoms with van der Waals surface area (Å²) in [5.41, 5.74) is 5.23. The standard InChI is InChI=1S/C5H13N3O2/c1-2-8(3-4-9)5(6)7-10/h9-10H,2-4H2,1H3,(H2,6,7). The Balaban J connectivity index is 3.80. The summed E-state index contributed by atoms with van der Waals surface area (Å²) in [6.45, 7) is 2.88. The normalized spacial score (nSPS) is 11.6. The van der Waals surface area contributed by atoms with E-state index in [-0.39, 0.29) is 12.6 Å². The van der Waals surface area contributed by atoms with Crippen LogP contribution in [0.1, 0.15) is 6.92 Å². The van der Waals surface area contributed by atoms with Crippen LogP contribution in [-0.2, 0) is 0 Å². The summed E-state index contributed by atoms with van der Waals surface area (Å²) in [5, 5.41) is 19.5. The van der Waals surface area contributed by atoms with E-state index >= 15 is 0 Å². The van der Waals surface area contributed by atoms with Gasteiger partial charge in [-0.15, -0.1) is 0 Å². The number of likely N-dealkylation sites (N-methyl/N-ethyl adjacent to an activating group) is 1. The second-order valence-electron chi connectivity index (χ2n) is 1.76. The van der Waals surface area contributed by atoms with Crippen LogP contribution in [0.3, 0.4) is 0 Å². The number of guanidine groups is 1. The van der Waals surface area contributed by atoms with E-state index in [1.807, 2.05) is 6.92 Å². The second-order valence-corrected chi connectivity index (χ2v) is 1.76. The highest BCUT2D eigenvalue weighted by molar-refractivity contribution is 5.77. The van der Waals surface area contributed by atoms with Crippen molar-refractivity contribution in [3.63, 3.8) is 0 Å². The fraction of sp³-hybridized carbons (Fsp3) is 0.800. The summed E-state index contributed by atoms with van der Waals surface area (Å²) in [6.07, 6.45) is 0. The van der Waals surface area contributed by atoms with E-state index in [1.54, 1.807) is 4.90 Å². The summed E-state index contributed by atoms with van der Waals surface area (Å²) < 4.78 is 0. The molecular formula is C5H13N3O2. The first-order chi connectivity index (χ1) is 4.76. The number of nitrogens with zero attached hydrogens (tertiary/aromatic N) is 2. The van der Waals surface area contributed by atoms with E-state index < -0.39 is 0 Å². The molecular weight excluding hydrogens is 134 g/mol. The molecule has 0 aliphatic heterocycles. The molecule has 0 spiro atoms. The highest BCUT2D eigenvalue weighted by Gasteiger charge is 2.02. The molecule has 0 amide bonds. The van der Waals surface area contributed by atoms with Gasteiger partial charge in [-0.3, -0.25) is 0 Å². The van der Waals surface area contributed by atoms with Gasteiger partial charge in [-0.2, -0.15) is 0 Å². The molecule has 0 radical (unpaired) electrons. The topological polar surface area (TPSA) is 82.1 Å². The third kappa shape index (κ3) is 2.54. The number of aliphatic hydroxyl groups excluding tert-OH is 1. The maximum absolute atomic E-state index is 8.48. The molecule has 5 heteroatoms. The fourth-order valence-corrected chi connectivity index (χ4v) is 0.619. The lowest BCUT2D eigenvalue weighted by atomic mass is 10.5. The van der Waals surface area contributed by atoms with Gasteiger partial charge in [0.05, 0.1) is 6.61 Å². The Bertz CT molecular complexity index is 115. The van der Waals surface area contributed by atoms with E-state index in [0.717, 1.165) is 0 Å². The summed E-state index contributed by atoms with van der Waals surface area (Å²) in [6, 6.07) is 0. The molecule has 0 aliphatic carbocycles. The Kier molecular flexibility index (Phi) is 4.39. The van der Waals surface area contributed by atoms with Crippen molar-refractivity contribution in [2.24, 2.45) is 10.9 Å². The molecule has 0 saturated heterocycles. The summed E-state index contributed by atoms with van der Waals surface area (Å²) in [5.74, 6) is 0.0385. The van der Waals surface area contributed by atoms with Crippen LogP contribution in [0.15, 0.2) is 5.16 Å². The number of hydrogen-bond acceptors (Lipinski definition) is 3. The third-order valence-electron chi connectivity index (χ3n) is 1.18. The number of hydrogen-bond donors (Lipinski definition) is 3. The van der Waals surface area contributed by atoms with Crippen LogP contribution < -0.4 is 5.73 Å². The Morgan fingerprint density at radius 2 is 2.30 bits per heavy atom. The van der Waals surface area contributed by atoms with Crippen LogP contribution in [0.25, 0.3) is 0 Å². The van der Waals surface area contributed by atoms with Gasteiger partial charge in [0.15, 0.2) is 0 Å². The molecule has 4 N–H and O–H groups in total. The van der Waals surface area contributed by atoms with Crippen LogP contribution in [0, 0.1) is 0 Å². The first kappa shape index (κ1) is 9.03. The Morgan fingerprint density at radius 1 is 1.70 bits per heavy atom. The Morgan fingerprint density at radius 3 is 2.60 bits per heavy atom. The molecule has 0 aliphatic rings. The lowest BCUT2D eigenvalue weighted by molar-refractivity contribution is 0.243. The summed E-state index contributed by atoms with van der Waals surface area (Å²) in [4.78, 5) is 1.56. The minimum atomic E-state index is 0.00403. The van der Waals surface area contributed by atoms with Gasteiger partial charge < -0.3 is 20.9 Å². The number of aliphatic hydroxyl groups is 1. The average molecular weight is 147 g/mol. The zero-order chi connectivity index (χ0) is 7.98. The van der Waals surface area contributed by atoms with Gasteiger partial charge in [-0.05, 0) is 6.92 Å². The number of oxime groups is 1. The van der Waals surface area contributed by atoms with Crippen LogP contribution in [-0.4, -0.2) is 40.9 Å². The second kappa shape index (κ2) is 4.87. The largest absolute Gasteiger partial charge is 0.408 e. The van der Waals surface area contributed by atoms with E-state index in [2.05, 4.69) is 5.16 Å². The Labute approximate surface area is 59.7 Å². The molecule has 0 heterocycles. The molecule has 0 aromatic heterocycles. The van der Waals surface area contributed by atoms with Gasteiger partial charge in [-0.1, -0.05) is 5.16 Å². The van der Waals surface area contributed by atoms with Gasteiger partial charge in [0.2, 0.25) is 5.96 Å². The van der Waals surface area contributed by atoms with Gasteiger partial charge in [0, 0.05) is 13.1 Å². The van der Waals surface area contributed by atoms with Gasteiger partial charge in [-0.25, -0.2) is 0 Å². The fourth-order valence-electron chi connectivity index (χ4n) is 0.619. The summed E-state index contributed by atoms with van der Waals surface area (Å²) in [7, 11) is 0. The monoisotopic (exact) mass is 147 g/mol. The first-order valence-corrected chi connectivity index (χ1v) is 3.09. The van der Waals surface area contributed by atoms with Crippen LogP contribution >= 0.6 is 0 Å². The van der Waals surface area contributed by atoms with E-state index in [0.29, 0.717) is 13.1 Å². The highest BCUT2D eigenvalue weighted by Crippen LogP contribution is 1.84. The minimum absolute atomic E-state index is 0.00403. The van der Waals surface area contributed by atoms with E-state index in [9.17, 15) is 0 Å². The molecule has 0 aromatic rings. The van der Waals surface area contributed by atoms with Crippen molar-refractivity contribution in [1.82, 2.24) is 4.90 Å². The molecule has 0 unspecified atom stereocenters. The molecule has 5 nitrogen and oxygen atoms in total. The zero-order valence-corrected chi connectivity index (χ0v) is 5.99. The minimum Gasteiger partial charge on any atom is -0.408 e. The molecule has 0 atom stereocenters. The predicted molar refractivity (Wildman–Crippen MR) is 37.7 cm³/mol. The quantitative estimate of drug-likeness (QED) is 0.207. The third-order valence-corrected chi connectivity index (χ3v) is 1.18. The van der Waals surface area contributed by atoms with Crippen LogP contribution in [0.2, 0.25) is 0 Å². The highest BCUT2D eigenvalue weighted by atomic mass is 16.4. The van der Waals surface area contributed by atoms with Crippen molar-refractivity contribution in [2.45, 2.75) is 6.92 Å². The van der Waals surface area contributed by atoms with E-state index in [1.165, 1.54) is 0 Å². The molecule has 0 bridgehead atoms. The first-order valence-electron chi connectivity index (χ1n) is 3.09.